The Kier molecular flexibility index (Phi) is 4.24. The fourth-order valence-corrected chi connectivity index (χ4v) is 1.08. The van der Waals surface area contributed by atoms with Crippen molar-refractivity contribution in [1.29, 1.82) is 0 Å². The van der Waals surface area contributed by atoms with Crippen LogP contribution in [-0.2, 0) is 10.2 Å². The van der Waals surface area contributed by atoms with Crippen molar-refractivity contribution in [2.75, 3.05) is 0 Å². The SMILES string of the molecule is C1=COc2ccccc2C1.[O]=[Al][OH]. The molecule has 0 unspecified atom stereocenters. The minimum absolute atomic E-state index is 0.991. The van der Waals surface area contributed by atoms with E-state index in [0.29, 0.717) is 0 Å². The van der Waals surface area contributed by atoms with Gasteiger partial charge in [-0.05, 0) is 24.1 Å². The van der Waals surface area contributed by atoms with Crippen LogP contribution < -0.4 is 4.74 Å². The summed E-state index contributed by atoms with van der Waals surface area (Å²) in [6.45, 7) is 0. The first kappa shape index (κ1) is 9.98. The van der Waals surface area contributed by atoms with Gasteiger partial charge < -0.3 is 4.74 Å². The molecule has 0 spiro atoms. The van der Waals surface area contributed by atoms with E-state index in [9.17, 15) is 0 Å². The second-order valence-corrected chi connectivity index (χ2v) is 2.62. The van der Waals surface area contributed by atoms with Crippen molar-refractivity contribution >= 4 is 15.5 Å². The van der Waals surface area contributed by atoms with E-state index in [4.69, 9.17) is 12.7 Å². The molecular weight excluding hydrogens is 183 g/mol. The van der Waals surface area contributed by atoms with Gasteiger partial charge in [-0.25, -0.2) is 0 Å². The summed E-state index contributed by atoms with van der Waals surface area (Å²) in [6, 6.07) is 8.08. The third-order valence-electron chi connectivity index (χ3n) is 1.60. The zero-order valence-electron chi connectivity index (χ0n) is 7.01. The van der Waals surface area contributed by atoms with Crippen LogP contribution in [0, 0.1) is 0 Å². The monoisotopic (exact) mass is 192 g/mol. The molecule has 1 N–H and O–H groups in total. The molecule has 0 amide bonds. The summed E-state index contributed by atoms with van der Waals surface area (Å²) in [4.78, 5) is 0. The van der Waals surface area contributed by atoms with Crippen LogP contribution >= 0.6 is 0 Å². The molecule has 0 saturated carbocycles. The predicted octanol–water partition coefficient (Wildman–Crippen LogP) is 1.08. The van der Waals surface area contributed by atoms with Crippen LogP contribution in [0.4, 0.5) is 0 Å². The first-order valence-corrected chi connectivity index (χ1v) is 4.84. The van der Waals surface area contributed by atoms with Crippen LogP contribution in [0.25, 0.3) is 0 Å². The van der Waals surface area contributed by atoms with Crippen LogP contribution in [-0.4, -0.2) is 19.6 Å². The van der Waals surface area contributed by atoms with E-state index in [1.165, 1.54) is 5.56 Å². The number of allylic oxidation sites excluding steroid dienone is 1. The van der Waals surface area contributed by atoms with Crippen LogP contribution in [0.3, 0.4) is 0 Å². The molecule has 0 aromatic heterocycles. The average molecular weight is 192 g/mol. The first-order valence-electron chi connectivity index (χ1n) is 3.86. The average Bonchev–Trinajstić information content (AvgIpc) is 2.19. The maximum atomic E-state index is 8.57. The third kappa shape index (κ3) is 3.02. The molecule has 4 heteroatoms. The normalized spacial score (nSPS) is 11.4. The zero-order chi connectivity index (χ0) is 9.52. The number of hydrogen-bond donors (Lipinski definition) is 1. The van der Waals surface area contributed by atoms with Gasteiger partial charge in [0.15, 0.2) is 0 Å². The van der Waals surface area contributed by atoms with Gasteiger partial charge in [-0.3, -0.25) is 0 Å². The van der Waals surface area contributed by atoms with E-state index in [-0.39, 0.29) is 0 Å². The van der Waals surface area contributed by atoms with Gasteiger partial charge in [-0.2, -0.15) is 0 Å². The molecule has 0 atom stereocenters. The van der Waals surface area contributed by atoms with Gasteiger partial charge in [0.2, 0.25) is 0 Å². The number of rotatable bonds is 0. The molecule has 0 aliphatic carbocycles. The molecule has 66 valence electrons. The fraction of sp³-hybridized carbons (Fsp3) is 0.111. The van der Waals surface area contributed by atoms with Crippen molar-refractivity contribution < 1.29 is 12.7 Å². The van der Waals surface area contributed by atoms with Gasteiger partial charge in [0.1, 0.15) is 5.75 Å². The Morgan fingerprint density at radius 2 is 2.08 bits per heavy atom. The molecule has 1 aromatic carbocycles. The fourth-order valence-electron chi connectivity index (χ4n) is 1.08. The Labute approximate surface area is 82.9 Å². The standard InChI is InChI=1S/C9H8O.Al.H2O.O/c1-2-6-9-8(4-1)5-3-7-10-9;;;/h1-4,6-7H,5H2;;1H2;/q;+1;;/p-1. The topological polar surface area (TPSA) is 46.5 Å². The molecule has 13 heavy (non-hydrogen) atoms. The van der Waals surface area contributed by atoms with Gasteiger partial charge in [0.25, 0.3) is 0 Å². The molecule has 0 saturated heterocycles. The van der Waals surface area contributed by atoms with Crippen molar-refractivity contribution in [1.82, 2.24) is 0 Å². The quantitative estimate of drug-likeness (QED) is 0.625. The van der Waals surface area contributed by atoms with Crippen molar-refractivity contribution in [2.24, 2.45) is 0 Å². The van der Waals surface area contributed by atoms with E-state index in [0.717, 1.165) is 12.2 Å². The molecule has 1 aliphatic rings. The van der Waals surface area contributed by atoms with Crippen LogP contribution in [0.1, 0.15) is 5.56 Å². The summed E-state index contributed by atoms with van der Waals surface area (Å²) in [5.74, 6) is 0.991. The summed E-state index contributed by atoms with van der Waals surface area (Å²) in [5, 5.41) is 0. The molecular formula is C9H9AlO3. The Morgan fingerprint density at radius 3 is 2.77 bits per heavy atom. The van der Waals surface area contributed by atoms with Crippen LogP contribution in [0.5, 0.6) is 5.75 Å². The second-order valence-electron chi connectivity index (χ2n) is 2.41. The summed E-state index contributed by atoms with van der Waals surface area (Å²) in [5.41, 5.74) is 1.27. The summed E-state index contributed by atoms with van der Waals surface area (Å²) in [6.07, 6.45) is 4.75. The molecule has 0 bridgehead atoms. The zero-order valence-corrected chi connectivity index (χ0v) is 8.17. The first-order chi connectivity index (χ1) is 6.38. The molecule has 1 heterocycles. The van der Waals surface area contributed by atoms with Gasteiger partial charge in [0.05, 0.1) is 6.26 Å². The predicted molar refractivity (Wildman–Crippen MR) is 48.6 cm³/mol. The van der Waals surface area contributed by atoms with E-state index in [1.807, 2.05) is 24.3 Å². The molecule has 1 aromatic rings. The number of hydrogen-bond acceptors (Lipinski definition) is 2. The molecule has 3 nitrogen and oxygen atoms in total. The molecule has 2 rings (SSSR count). The molecule has 1 aliphatic heterocycles. The van der Waals surface area contributed by atoms with Crippen LogP contribution in [0.2, 0.25) is 0 Å². The molecule has 0 radical (unpaired) electrons. The van der Waals surface area contributed by atoms with Crippen molar-refractivity contribution in [2.45, 2.75) is 6.42 Å². The number of fused-ring (bicyclic) bond motifs is 1. The third-order valence-corrected chi connectivity index (χ3v) is 1.60. The number of benzene rings is 1. The Bertz CT molecular complexity index is 282. The van der Waals surface area contributed by atoms with Crippen molar-refractivity contribution in [3.63, 3.8) is 0 Å². The second kappa shape index (κ2) is 5.52. The number of para-hydroxylation sites is 1. The van der Waals surface area contributed by atoms with E-state index >= 15 is 0 Å². The van der Waals surface area contributed by atoms with Gasteiger partial charge in [-0.15, -0.1) is 0 Å². The summed E-state index contributed by atoms with van der Waals surface area (Å²) >= 11 is -1.50. The van der Waals surface area contributed by atoms with Crippen molar-refractivity contribution in [3.05, 3.63) is 42.2 Å². The van der Waals surface area contributed by atoms with Gasteiger partial charge in [-0.1, -0.05) is 18.2 Å². The van der Waals surface area contributed by atoms with E-state index in [2.05, 4.69) is 6.07 Å². The number of ether oxygens (including phenoxy) is 1. The van der Waals surface area contributed by atoms with Gasteiger partial charge in [0, 0.05) is 0 Å². The van der Waals surface area contributed by atoms with Crippen molar-refractivity contribution in [3.8, 4) is 5.75 Å². The minimum atomic E-state index is -1.50. The summed E-state index contributed by atoms with van der Waals surface area (Å²) < 4.78 is 20.9. The Hall–Kier alpha value is -1.11. The van der Waals surface area contributed by atoms with Crippen LogP contribution in [0.15, 0.2) is 36.6 Å². The van der Waals surface area contributed by atoms with Gasteiger partial charge >= 0.3 is 23.4 Å². The molecule has 0 fully saturated rings. The maximum absolute atomic E-state index is 8.57. The Morgan fingerprint density at radius 1 is 1.38 bits per heavy atom. The Balaban J connectivity index is 0.000000251. The van der Waals surface area contributed by atoms with E-state index < -0.39 is 15.5 Å². The summed E-state index contributed by atoms with van der Waals surface area (Å²) in [7, 11) is 0. The van der Waals surface area contributed by atoms with E-state index in [1.54, 1.807) is 6.26 Å².